The molecular weight excluding hydrogens is 292 g/mol. The molecule has 23 heavy (non-hydrogen) atoms. The number of carbonyl (C=O) groups is 1. The predicted octanol–water partition coefficient (Wildman–Crippen LogP) is 1.29. The van der Waals surface area contributed by atoms with Crippen molar-refractivity contribution in [1.82, 2.24) is 0 Å². The number of benzene rings is 1. The van der Waals surface area contributed by atoms with Crippen LogP contribution in [0.4, 0.5) is 0 Å². The van der Waals surface area contributed by atoms with Gasteiger partial charge in [-0.3, -0.25) is 0 Å². The number of rotatable bonds is 7. The SMILES string of the molecule is CCOC(=O)C[N+]12CC[N+](CCOc3ccccc3)(CC1)CC2. The van der Waals surface area contributed by atoms with E-state index < -0.39 is 0 Å². The van der Waals surface area contributed by atoms with Gasteiger partial charge in [0.05, 0.1) is 6.61 Å². The molecule has 3 saturated heterocycles. The summed E-state index contributed by atoms with van der Waals surface area (Å²) in [5.41, 5.74) is 0. The fraction of sp³-hybridized carbons (Fsp3) is 0.611. The molecule has 5 heteroatoms. The molecule has 0 aliphatic carbocycles. The number of nitrogens with zero attached hydrogens (tertiary/aromatic N) is 2. The van der Waals surface area contributed by atoms with Gasteiger partial charge < -0.3 is 18.4 Å². The molecule has 3 fully saturated rings. The smallest absolute Gasteiger partial charge is 0.361 e. The highest BCUT2D eigenvalue weighted by Crippen LogP contribution is 2.26. The molecule has 3 heterocycles. The van der Waals surface area contributed by atoms with Gasteiger partial charge in [-0.2, -0.15) is 0 Å². The lowest BCUT2D eigenvalue weighted by molar-refractivity contribution is -1.08. The van der Waals surface area contributed by atoms with Crippen molar-refractivity contribution in [2.45, 2.75) is 6.92 Å². The fourth-order valence-electron chi connectivity index (χ4n) is 3.87. The molecule has 0 spiro atoms. The van der Waals surface area contributed by atoms with Gasteiger partial charge in [0, 0.05) is 0 Å². The van der Waals surface area contributed by atoms with Crippen molar-refractivity contribution in [3.05, 3.63) is 30.3 Å². The van der Waals surface area contributed by atoms with E-state index in [-0.39, 0.29) is 5.97 Å². The zero-order valence-electron chi connectivity index (χ0n) is 14.1. The highest BCUT2D eigenvalue weighted by atomic mass is 16.5. The molecule has 0 saturated carbocycles. The second kappa shape index (κ2) is 6.89. The van der Waals surface area contributed by atoms with E-state index in [9.17, 15) is 4.79 Å². The lowest BCUT2D eigenvalue weighted by atomic mass is 10.1. The van der Waals surface area contributed by atoms with Crippen molar-refractivity contribution in [3.8, 4) is 5.75 Å². The molecule has 1 aromatic rings. The van der Waals surface area contributed by atoms with Gasteiger partial charge in [0.15, 0.2) is 6.54 Å². The first-order valence-corrected chi connectivity index (χ1v) is 8.69. The van der Waals surface area contributed by atoms with Crippen molar-refractivity contribution in [2.75, 3.05) is 65.6 Å². The van der Waals surface area contributed by atoms with Crippen molar-refractivity contribution in [2.24, 2.45) is 0 Å². The number of esters is 1. The summed E-state index contributed by atoms with van der Waals surface area (Å²) in [5, 5.41) is 0. The average Bonchev–Trinajstić information content (AvgIpc) is 2.58. The van der Waals surface area contributed by atoms with Gasteiger partial charge in [0.2, 0.25) is 0 Å². The minimum atomic E-state index is -0.0400. The number of quaternary nitrogens is 2. The van der Waals surface area contributed by atoms with Crippen LogP contribution in [-0.4, -0.2) is 80.5 Å². The molecule has 0 unspecified atom stereocenters. The second-order valence-electron chi connectivity index (χ2n) is 6.87. The highest BCUT2D eigenvalue weighted by Gasteiger charge is 2.49. The Morgan fingerprint density at radius 2 is 1.61 bits per heavy atom. The molecule has 0 N–H and O–H groups in total. The number of para-hydroxylation sites is 1. The van der Waals surface area contributed by atoms with E-state index in [2.05, 4.69) is 0 Å². The maximum atomic E-state index is 11.8. The monoisotopic (exact) mass is 320 g/mol. The highest BCUT2D eigenvalue weighted by molar-refractivity contribution is 5.70. The van der Waals surface area contributed by atoms with Crippen LogP contribution in [0.2, 0.25) is 0 Å². The summed E-state index contributed by atoms with van der Waals surface area (Å²) in [6.45, 7) is 11.4. The normalized spacial score (nSPS) is 29.3. The Morgan fingerprint density at radius 1 is 1.00 bits per heavy atom. The first-order chi connectivity index (χ1) is 11.2. The third kappa shape index (κ3) is 3.85. The number of hydrogen-bond donors (Lipinski definition) is 0. The standard InChI is InChI=1S/C18H28N2O3/c1-2-22-18(21)16-20-11-8-19(9-12-20,10-13-20)14-15-23-17-6-4-3-5-7-17/h3-7H,2,8-16H2,1H3/q+2. The number of hydrogen-bond acceptors (Lipinski definition) is 3. The van der Waals surface area contributed by atoms with Crippen LogP contribution >= 0.6 is 0 Å². The molecule has 0 atom stereocenters. The molecule has 0 amide bonds. The van der Waals surface area contributed by atoms with Gasteiger partial charge >= 0.3 is 5.97 Å². The van der Waals surface area contributed by atoms with E-state index in [1.807, 2.05) is 37.3 Å². The van der Waals surface area contributed by atoms with E-state index in [0.29, 0.717) is 13.2 Å². The summed E-state index contributed by atoms with van der Waals surface area (Å²) in [5.74, 6) is 0.911. The van der Waals surface area contributed by atoms with Crippen LogP contribution in [0.3, 0.4) is 0 Å². The van der Waals surface area contributed by atoms with Crippen LogP contribution < -0.4 is 4.74 Å². The Bertz CT molecular complexity index is 508. The third-order valence-corrected chi connectivity index (χ3v) is 5.49. The van der Waals surface area contributed by atoms with E-state index in [0.717, 1.165) is 67.1 Å². The molecule has 0 aromatic heterocycles. The predicted molar refractivity (Wildman–Crippen MR) is 88.0 cm³/mol. The molecule has 2 bridgehead atoms. The minimum Gasteiger partial charge on any atom is -0.488 e. The number of carbonyl (C=O) groups excluding carboxylic acids is 1. The zero-order valence-corrected chi connectivity index (χ0v) is 14.1. The quantitative estimate of drug-likeness (QED) is 0.561. The van der Waals surface area contributed by atoms with Crippen molar-refractivity contribution >= 4 is 5.97 Å². The van der Waals surface area contributed by atoms with Crippen LogP contribution in [0.1, 0.15) is 6.92 Å². The molecular formula is C18H28N2O3+2. The number of piperazine rings is 3. The van der Waals surface area contributed by atoms with Gasteiger partial charge in [-0.15, -0.1) is 0 Å². The van der Waals surface area contributed by atoms with Crippen molar-refractivity contribution < 1.29 is 23.2 Å². The average molecular weight is 320 g/mol. The molecule has 5 nitrogen and oxygen atoms in total. The molecule has 3 aliphatic rings. The lowest BCUT2D eigenvalue weighted by Gasteiger charge is -2.55. The largest absolute Gasteiger partial charge is 0.488 e. The Hall–Kier alpha value is -1.59. The maximum absolute atomic E-state index is 11.8. The van der Waals surface area contributed by atoms with Crippen molar-refractivity contribution in [1.29, 1.82) is 0 Å². The van der Waals surface area contributed by atoms with E-state index in [1.54, 1.807) is 0 Å². The first kappa shape index (κ1) is 16.3. The Balaban J connectivity index is 1.48. The lowest BCUT2D eigenvalue weighted by Crippen LogP contribution is -2.76. The van der Waals surface area contributed by atoms with Gasteiger partial charge in [-0.1, -0.05) is 18.2 Å². The molecule has 1 aromatic carbocycles. The Morgan fingerprint density at radius 3 is 2.22 bits per heavy atom. The van der Waals surface area contributed by atoms with Crippen molar-refractivity contribution in [3.63, 3.8) is 0 Å². The zero-order chi connectivity index (χ0) is 16.2. The fourth-order valence-corrected chi connectivity index (χ4v) is 3.87. The molecule has 126 valence electrons. The van der Waals surface area contributed by atoms with E-state index in [4.69, 9.17) is 9.47 Å². The van der Waals surface area contributed by atoms with E-state index in [1.165, 1.54) is 0 Å². The van der Waals surface area contributed by atoms with Gasteiger partial charge in [0.25, 0.3) is 0 Å². The summed E-state index contributed by atoms with van der Waals surface area (Å²) in [6, 6.07) is 10.0. The number of ether oxygens (including phenoxy) is 2. The van der Waals surface area contributed by atoms with Crippen LogP contribution in [0, 0.1) is 0 Å². The molecule has 0 radical (unpaired) electrons. The Kier molecular flexibility index (Phi) is 4.87. The summed E-state index contributed by atoms with van der Waals surface area (Å²) < 4.78 is 13.1. The van der Waals surface area contributed by atoms with Crippen LogP contribution in [0.5, 0.6) is 5.75 Å². The summed E-state index contributed by atoms with van der Waals surface area (Å²) in [7, 11) is 0. The van der Waals surface area contributed by atoms with E-state index >= 15 is 0 Å². The topological polar surface area (TPSA) is 35.5 Å². The van der Waals surface area contributed by atoms with Gasteiger partial charge in [0.1, 0.15) is 58.2 Å². The second-order valence-corrected chi connectivity index (χ2v) is 6.87. The van der Waals surface area contributed by atoms with Crippen LogP contribution in [0.15, 0.2) is 30.3 Å². The van der Waals surface area contributed by atoms with Crippen LogP contribution in [0.25, 0.3) is 0 Å². The summed E-state index contributed by atoms with van der Waals surface area (Å²) in [4.78, 5) is 11.8. The maximum Gasteiger partial charge on any atom is 0.361 e. The van der Waals surface area contributed by atoms with Gasteiger partial charge in [-0.05, 0) is 19.1 Å². The first-order valence-electron chi connectivity index (χ1n) is 8.69. The van der Waals surface area contributed by atoms with Crippen LogP contribution in [-0.2, 0) is 9.53 Å². The number of fused-ring (bicyclic) bond motifs is 3. The third-order valence-electron chi connectivity index (χ3n) is 5.49. The molecule has 4 rings (SSSR count). The van der Waals surface area contributed by atoms with Gasteiger partial charge in [-0.25, -0.2) is 4.79 Å². The minimum absolute atomic E-state index is 0.0400. The Labute approximate surface area is 138 Å². The summed E-state index contributed by atoms with van der Waals surface area (Å²) >= 11 is 0. The summed E-state index contributed by atoms with van der Waals surface area (Å²) in [6.07, 6.45) is 0. The molecule has 3 aliphatic heterocycles.